The smallest absolute Gasteiger partial charge is 0.247 e. The summed E-state index contributed by atoms with van der Waals surface area (Å²) in [5.74, 6) is 0.623. The SMILES string of the molecule is C=CCSc1nnc2c(n1)O[C@H](c1ccccc1F)Nc1ccccc1-2. The highest BCUT2D eigenvalue weighted by atomic mass is 32.2. The predicted molar refractivity (Wildman–Crippen MR) is 99.6 cm³/mol. The van der Waals surface area contributed by atoms with Crippen molar-refractivity contribution in [1.29, 1.82) is 0 Å². The third kappa shape index (κ3) is 3.13. The van der Waals surface area contributed by atoms with Gasteiger partial charge in [0, 0.05) is 22.6 Å². The second-order valence-corrected chi connectivity index (χ2v) is 6.54. The van der Waals surface area contributed by atoms with Crippen LogP contribution in [0.4, 0.5) is 10.1 Å². The van der Waals surface area contributed by atoms with Crippen molar-refractivity contribution in [3.05, 3.63) is 72.6 Å². The Balaban J connectivity index is 1.82. The molecule has 0 spiro atoms. The molecule has 0 saturated heterocycles. The molecule has 1 aliphatic heterocycles. The molecule has 0 aliphatic carbocycles. The Hall–Kier alpha value is -2.93. The van der Waals surface area contributed by atoms with E-state index in [0.717, 1.165) is 11.3 Å². The minimum atomic E-state index is -0.729. The first-order valence-corrected chi connectivity index (χ1v) is 9.00. The van der Waals surface area contributed by atoms with Crippen molar-refractivity contribution in [2.75, 3.05) is 11.1 Å². The first-order chi connectivity index (χ1) is 12.8. The molecule has 0 bridgehead atoms. The van der Waals surface area contributed by atoms with Gasteiger partial charge in [-0.15, -0.1) is 16.8 Å². The van der Waals surface area contributed by atoms with Gasteiger partial charge in [-0.25, -0.2) is 4.39 Å². The van der Waals surface area contributed by atoms with Crippen molar-refractivity contribution < 1.29 is 9.13 Å². The fourth-order valence-corrected chi connectivity index (χ4v) is 3.18. The maximum absolute atomic E-state index is 14.3. The number of nitrogens with one attached hydrogen (secondary N) is 1. The molecule has 2 heterocycles. The summed E-state index contributed by atoms with van der Waals surface area (Å²) in [5.41, 5.74) is 2.51. The van der Waals surface area contributed by atoms with Gasteiger partial charge in [0.2, 0.25) is 17.3 Å². The lowest BCUT2D eigenvalue weighted by atomic mass is 10.1. The van der Waals surface area contributed by atoms with Gasteiger partial charge in [-0.2, -0.15) is 4.98 Å². The number of benzene rings is 2. The standard InChI is InChI=1S/C19H15FN4OS/c1-2-11-26-19-22-18-16(23-24-19)13-8-4-6-10-15(13)21-17(25-18)12-7-3-5-9-14(12)20/h2-10,17,21H,1,11H2/t17-/m1/s1. The number of hydrogen-bond donors (Lipinski definition) is 1. The van der Waals surface area contributed by atoms with Gasteiger partial charge in [0.05, 0.1) is 0 Å². The average Bonchev–Trinajstić information content (AvgIpc) is 2.83. The van der Waals surface area contributed by atoms with Crippen molar-refractivity contribution in [3.8, 4) is 17.1 Å². The van der Waals surface area contributed by atoms with Gasteiger partial charge in [-0.3, -0.25) is 0 Å². The average molecular weight is 366 g/mol. The summed E-state index contributed by atoms with van der Waals surface area (Å²) in [6.45, 7) is 3.69. The Labute approximate surface area is 154 Å². The van der Waals surface area contributed by atoms with Gasteiger partial charge >= 0.3 is 0 Å². The minimum Gasteiger partial charge on any atom is -0.448 e. The number of thioether (sulfide) groups is 1. The maximum Gasteiger partial charge on any atom is 0.247 e. The van der Waals surface area contributed by atoms with Crippen LogP contribution in [0.3, 0.4) is 0 Å². The van der Waals surface area contributed by atoms with Gasteiger partial charge in [0.1, 0.15) is 5.82 Å². The number of ether oxygens (including phenoxy) is 1. The molecule has 0 amide bonds. The quantitative estimate of drug-likeness (QED) is 0.543. The van der Waals surface area contributed by atoms with Gasteiger partial charge in [-0.1, -0.05) is 54.2 Å². The van der Waals surface area contributed by atoms with Crippen LogP contribution < -0.4 is 10.1 Å². The fourth-order valence-electron chi connectivity index (χ4n) is 2.67. The molecule has 130 valence electrons. The molecule has 1 atom stereocenters. The van der Waals surface area contributed by atoms with Crippen molar-refractivity contribution in [2.45, 2.75) is 11.4 Å². The van der Waals surface area contributed by atoms with Crippen molar-refractivity contribution >= 4 is 17.4 Å². The summed E-state index contributed by atoms with van der Waals surface area (Å²) in [6, 6.07) is 14.1. The van der Waals surface area contributed by atoms with Gasteiger partial charge in [-0.05, 0) is 12.1 Å². The molecular formula is C19H15FN4OS. The molecule has 0 radical (unpaired) electrons. The second kappa shape index (κ2) is 7.13. The molecule has 2 aromatic carbocycles. The first-order valence-electron chi connectivity index (χ1n) is 8.01. The molecule has 1 aromatic heterocycles. The zero-order valence-electron chi connectivity index (χ0n) is 13.7. The summed E-state index contributed by atoms with van der Waals surface area (Å²) in [5, 5.41) is 12.2. The van der Waals surface area contributed by atoms with Crippen LogP contribution in [0.5, 0.6) is 5.88 Å². The van der Waals surface area contributed by atoms with Crippen LogP contribution in [0.15, 0.2) is 66.3 Å². The monoisotopic (exact) mass is 366 g/mol. The molecule has 0 saturated carbocycles. The number of fused-ring (bicyclic) bond motifs is 3. The molecule has 4 rings (SSSR count). The van der Waals surface area contributed by atoms with E-state index in [1.807, 2.05) is 24.3 Å². The van der Waals surface area contributed by atoms with Crippen LogP contribution in [0.1, 0.15) is 11.8 Å². The lowest BCUT2D eigenvalue weighted by Crippen LogP contribution is -2.18. The van der Waals surface area contributed by atoms with Crippen molar-refractivity contribution in [1.82, 2.24) is 15.2 Å². The van der Waals surface area contributed by atoms with Crippen LogP contribution in [-0.2, 0) is 0 Å². The summed E-state index contributed by atoms with van der Waals surface area (Å²) in [6.07, 6.45) is 1.03. The number of halogens is 1. The Bertz CT molecular complexity index is 966. The first kappa shape index (κ1) is 16.5. The molecule has 1 N–H and O–H groups in total. The summed E-state index contributed by atoms with van der Waals surface area (Å²) in [7, 11) is 0. The maximum atomic E-state index is 14.3. The highest BCUT2D eigenvalue weighted by Crippen LogP contribution is 2.39. The largest absolute Gasteiger partial charge is 0.448 e. The second-order valence-electron chi connectivity index (χ2n) is 5.56. The van der Waals surface area contributed by atoms with Crippen molar-refractivity contribution in [3.63, 3.8) is 0 Å². The number of aromatic nitrogens is 3. The lowest BCUT2D eigenvalue weighted by Gasteiger charge is -2.19. The van der Waals surface area contributed by atoms with E-state index in [-0.39, 0.29) is 5.82 Å². The van der Waals surface area contributed by atoms with E-state index in [1.54, 1.807) is 24.3 Å². The third-order valence-corrected chi connectivity index (χ3v) is 4.69. The topological polar surface area (TPSA) is 59.9 Å². The van der Waals surface area contributed by atoms with Crippen LogP contribution in [-0.4, -0.2) is 20.9 Å². The molecule has 26 heavy (non-hydrogen) atoms. The van der Waals surface area contributed by atoms with E-state index in [4.69, 9.17) is 4.74 Å². The molecule has 3 aromatic rings. The van der Waals surface area contributed by atoms with Crippen LogP contribution in [0.2, 0.25) is 0 Å². The molecule has 5 nitrogen and oxygen atoms in total. The fraction of sp³-hybridized carbons (Fsp3) is 0.105. The van der Waals surface area contributed by atoms with Crippen LogP contribution >= 0.6 is 11.8 Å². The molecule has 0 fully saturated rings. The number of rotatable bonds is 4. The van der Waals surface area contributed by atoms with Crippen LogP contribution in [0.25, 0.3) is 11.3 Å². The molecule has 7 heteroatoms. The molecular weight excluding hydrogens is 351 g/mol. The number of para-hydroxylation sites is 1. The zero-order chi connectivity index (χ0) is 17.9. The summed E-state index contributed by atoms with van der Waals surface area (Å²) in [4.78, 5) is 4.47. The zero-order valence-corrected chi connectivity index (χ0v) is 14.5. The van der Waals surface area contributed by atoms with Crippen molar-refractivity contribution in [2.24, 2.45) is 0 Å². The number of hydrogen-bond acceptors (Lipinski definition) is 6. The Kier molecular flexibility index (Phi) is 4.53. The summed E-state index contributed by atoms with van der Waals surface area (Å²) < 4.78 is 20.3. The Morgan fingerprint density at radius 2 is 1.96 bits per heavy atom. The highest BCUT2D eigenvalue weighted by molar-refractivity contribution is 7.99. The normalized spacial score (nSPS) is 15.0. The Morgan fingerprint density at radius 3 is 2.81 bits per heavy atom. The lowest BCUT2D eigenvalue weighted by molar-refractivity contribution is 0.220. The van der Waals surface area contributed by atoms with Gasteiger partial charge in [0.15, 0.2) is 5.69 Å². The Morgan fingerprint density at radius 1 is 1.15 bits per heavy atom. The predicted octanol–water partition coefficient (Wildman–Crippen LogP) is 4.46. The van der Waals surface area contributed by atoms with E-state index >= 15 is 0 Å². The molecule has 1 aliphatic rings. The number of nitrogens with zero attached hydrogens (tertiary/aromatic N) is 3. The van der Waals surface area contributed by atoms with E-state index in [0.29, 0.717) is 28.0 Å². The van der Waals surface area contributed by atoms with Gasteiger partial charge in [0.25, 0.3) is 0 Å². The van der Waals surface area contributed by atoms with E-state index in [9.17, 15) is 4.39 Å². The summed E-state index contributed by atoms with van der Waals surface area (Å²) >= 11 is 1.40. The third-order valence-electron chi connectivity index (χ3n) is 3.85. The van der Waals surface area contributed by atoms with E-state index in [2.05, 4.69) is 27.1 Å². The number of anilines is 1. The van der Waals surface area contributed by atoms with Gasteiger partial charge < -0.3 is 10.1 Å². The van der Waals surface area contributed by atoms with E-state index < -0.39 is 6.23 Å². The molecule has 0 unspecified atom stereocenters. The van der Waals surface area contributed by atoms with Crippen LogP contribution in [0, 0.1) is 5.82 Å². The highest BCUT2D eigenvalue weighted by Gasteiger charge is 2.27. The minimum absolute atomic E-state index is 0.317. The van der Waals surface area contributed by atoms with E-state index in [1.165, 1.54) is 17.8 Å².